The smallest absolute Gasteiger partial charge is 0.280 e. The zero-order valence-corrected chi connectivity index (χ0v) is 16.9. The number of amides is 1. The van der Waals surface area contributed by atoms with E-state index >= 15 is 0 Å². The van der Waals surface area contributed by atoms with E-state index in [4.69, 9.17) is 5.14 Å². The van der Waals surface area contributed by atoms with Gasteiger partial charge >= 0.3 is 0 Å². The van der Waals surface area contributed by atoms with Gasteiger partial charge in [0.1, 0.15) is 11.5 Å². The van der Waals surface area contributed by atoms with E-state index in [0.29, 0.717) is 0 Å². The summed E-state index contributed by atoms with van der Waals surface area (Å²) in [7, 11) is -4.12. The molecule has 0 atom stereocenters. The van der Waals surface area contributed by atoms with Crippen molar-refractivity contribution in [1.82, 2.24) is 9.97 Å². The molecular formula is C18H19F4N5O3S. The Labute approximate surface area is 175 Å². The number of alkyl halides is 4. The molecule has 1 aliphatic rings. The van der Waals surface area contributed by atoms with Gasteiger partial charge in [-0.3, -0.25) is 4.79 Å². The maximum atomic E-state index is 13.7. The van der Waals surface area contributed by atoms with Crippen molar-refractivity contribution < 1.29 is 30.8 Å². The highest BCUT2D eigenvalue weighted by Gasteiger charge is 2.33. The molecule has 8 nitrogen and oxygen atoms in total. The summed E-state index contributed by atoms with van der Waals surface area (Å²) in [6.45, 7) is -0.0574. The molecule has 3 heterocycles. The van der Waals surface area contributed by atoms with E-state index in [1.807, 2.05) is 0 Å². The van der Waals surface area contributed by atoms with Crippen molar-refractivity contribution in [1.29, 1.82) is 0 Å². The van der Waals surface area contributed by atoms with Crippen LogP contribution in [0.5, 0.6) is 0 Å². The first-order valence-electron chi connectivity index (χ1n) is 9.18. The van der Waals surface area contributed by atoms with Gasteiger partial charge in [0, 0.05) is 43.9 Å². The number of anilines is 2. The molecular weight excluding hydrogens is 442 g/mol. The van der Waals surface area contributed by atoms with Crippen LogP contribution in [-0.4, -0.2) is 43.3 Å². The number of pyridine rings is 2. The number of sulfonamides is 1. The van der Waals surface area contributed by atoms with Crippen LogP contribution in [0.15, 0.2) is 35.5 Å². The van der Waals surface area contributed by atoms with Crippen molar-refractivity contribution in [3.05, 3.63) is 41.7 Å². The van der Waals surface area contributed by atoms with E-state index < -0.39 is 45.4 Å². The highest BCUT2D eigenvalue weighted by molar-refractivity contribution is 7.89. The van der Waals surface area contributed by atoms with E-state index in [2.05, 4.69) is 15.3 Å². The number of nitrogens with one attached hydrogen (secondary N) is 1. The normalized spacial score (nSPS) is 16.8. The molecule has 0 bridgehead atoms. The molecule has 0 unspecified atom stereocenters. The number of hydrogen-bond acceptors (Lipinski definition) is 6. The van der Waals surface area contributed by atoms with Crippen LogP contribution in [-0.2, 0) is 10.0 Å². The van der Waals surface area contributed by atoms with Gasteiger partial charge in [-0.25, -0.2) is 41.1 Å². The van der Waals surface area contributed by atoms with Crippen molar-refractivity contribution in [2.24, 2.45) is 5.14 Å². The molecule has 0 saturated carbocycles. The Morgan fingerprint density at radius 1 is 1.19 bits per heavy atom. The molecule has 0 aromatic carbocycles. The highest BCUT2D eigenvalue weighted by Crippen LogP contribution is 2.32. The minimum Gasteiger partial charge on any atom is -0.356 e. The van der Waals surface area contributed by atoms with E-state index in [9.17, 15) is 30.8 Å². The predicted octanol–water partition coefficient (Wildman–Crippen LogP) is 2.94. The largest absolute Gasteiger partial charge is 0.356 e. The number of hydrogen-bond donors (Lipinski definition) is 2. The fourth-order valence-corrected chi connectivity index (χ4v) is 3.62. The van der Waals surface area contributed by atoms with Crippen molar-refractivity contribution in [2.45, 2.75) is 36.6 Å². The third kappa shape index (κ3) is 5.67. The quantitative estimate of drug-likeness (QED) is 0.661. The number of aromatic nitrogens is 2. The van der Waals surface area contributed by atoms with Gasteiger partial charge in [0.05, 0.1) is 5.56 Å². The van der Waals surface area contributed by atoms with Crippen LogP contribution < -0.4 is 15.4 Å². The average Bonchev–Trinajstić information content (AvgIpc) is 2.87. The van der Waals surface area contributed by atoms with Crippen molar-refractivity contribution in [3.63, 3.8) is 0 Å². The number of carbonyl (C=O) groups is 1. The number of primary sulfonamides is 1. The molecule has 1 saturated heterocycles. The molecule has 168 valence electrons. The van der Waals surface area contributed by atoms with Crippen LogP contribution in [0.4, 0.5) is 29.1 Å². The summed E-state index contributed by atoms with van der Waals surface area (Å²) in [4.78, 5) is 21.6. The van der Waals surface area contributed by atoms with Gasteiger partial charge in [0.25, 0.3) is 22.4 Å². The van der Waals surface area contributed by atoms with E-state index in [0.717, 1.165) is 24.4 Å². The first-order chi connectivity index (χ1) is 14.5. The molecule has 0 spiro atoms. The standard InChI is InChI=1S/C18H19F4N5O3S/c19-15(20)13-3-2-12(16(26-13)27-8-1-5-18(21,22)6-9-27)17(28)25-11-4-7-24-14(10-11)31(23,29)30/h2-4,7,10,15H,1,5-6,8-9H2,(H2,23,29,30)(H,24,25,28). The summed E-state index contributed by atoms with van der Waals surface area (Å²) < 4.78 is 76.7. The molecule has 0 radical (unpaired) electrons. The van der Waals surface area contributed by atoms with Gasteiger partial charge in [0.2, 0.25) is 5.92 Å². The predicted molar refractivity (Wildman–Crippen MR) is 104 cm³/mol. The Morgan fingerprint density at radius 3 is 2.61 bits per heavy atom. The molecule has 2 aromatic heterocycles. The SMILES string of the molecule is NS(=O)(=O)c1cc(NC(=O)c2ccc(C(F)F)nc2N2CCCC(F)(F)CC2)ccn1. The van der Waals surface area contributed by atoms with Gasteiger partial charge in [-0.2, -0.15) is 0 Å². The summed E-state index contributed by atoms with van der Waals surface area (Å²) in [5.41, 5.74) is -0.679. The average molecular weight is 461 g/mol. The zero-order valence-electron chi connectivity index (χ0n) is 16.1. The monoisotopic (exact) mass is 461 g/mol. The first kappa shape index (κ1) is 22.9. The Hall–Kier alpha value is -2.80. The van der Waals surface area contributed by atoms with E-state index in [-0.39, 0.29) is 43.0 Å². The van der Waals surface area contributed by atoms with Crippen LogP contribution >= 0.6 is 0 Å². The van der Waals surface area contributed by atoms with Crippen molar-refractivity contribution in [3.8, 4) is 0 Å². The second kappa shape index (κ2) is 8.75. The topological polar surface area (TPSA) is 118 Å². The van der Waals surface area contributed by atoms with Gasteiger partial charge in [-0.15, -0.1) is 0 Å². The second-order valence-electron chi connectivity index (χ2n) is 6.99. The van der Waals surface area contributed by atoms with Crippen LogP contribution in [0.2, 0.25) is 0 Å². The summed E-state index contributed by atoms with van der Waals surface area (Å²) in [6.07, 6.45) is -2.56. The molecule has 13 heteroatoms. The molecule has 1 aliphatic heterocycles. The van der Waals surface area contributed by atoms with Gasteiger partial charge in [-0.1, -0.05) is 0 Å². The molecule has 31 heavy (non-hydrogen) atoms. The van der Waals surface area contributed by atoms with Crippen LogP contribution in [0.1, 0.15) is 41.7 Å². The lowest BCUT2D eigenvalue weighted by Crippen LogP contribution is -2.29. The first-order valence-corrected chi connectivity index (χ1v) is 10.7. The van der Waals surface area contributed by atoms with Crippen LogP contribution in [0.3, 0.4) is 0 Å². The Bertz CT molecular complexity index is 1080. The molecule has 0 aliphatic carbocycles. The molecule has 1 fully saturated rings. The van der Waals surface area contributed by atoms with E-state index in [1.54, 1.807) is 0 Å². The number of halogens is 4. The lowest BCUT2D eigenvalue weighted by molar-refractivity contribution is -0.0102. The Balaban J connectivity index is 1.94. The van der Waals surface area contributed by atoms with Crippen molar-refractivity contribution in [2.75, 3.05) is 23.3 Å². The third-order valence-corrected chi connectivity index (χ3v) is 5.47. The Kier molecular flexibility index (Phi) is 6.46. The second-order valence-corrected chi connectivity index (χ2v) is 8.49. The van der Waals surface area contributed by atoms with Gasteiger partial charge < -0.3 is 10.2 Å². The zero-order chi connectivity index (χ0) is 22.8. The summed E-state index contributed by atoms with van der Waals surface area (Å²) in [5.74, 6) is -3.82. The molecule has 3 rings (SSSR count). The number of rotatable bonds is 5. The molecule has 2 aromatic rings. The number of nitrogens with zero attached hydrogens (tertiary/aromatic N) is 3. The highest BCUT2D eigenvalue weighted by atomic mass is 32.2. The maximum Gasteiger partial charge on any atom is 0.280 e. The van der Waals surface area contributed by atoms with Gasteiger partial charge in [0.15, 0.2) is 5.03 Å². The molecule has 3 N–H and O–H groups in total. The fraction of sp³-hybridized carbons (Fsp3) is 0.389. The van der Waals surface area contributed by atoms with Crippen LogP contribution in [0, 0.1) is 0 Å². The van der Waals surface area contributed by atoms with Crippen molar-refractivity contribution >= 4 is 27.4 Å². The number of carbonyl (C=O) groups excluding carboxylic acids is 1. The summed E-state index contributed by atoms with van der Waals surface area (Å²) in [5, 5.41) is 6.97. The molecule has 1 amide bonds. The fourth-order valence-electron chi connectivity index (χ4n) is 3.12. The summed E-state index contributed by atoms with van der Waals surface area (Å²) >= 11 is 0. The van der Waals surface area contributed by atoms with Crippen LogP contribution in [0.25, 0.3) is 0 Å². The van der Waals surface area contributed by atoms with Gasteiger partial charge in [-0.05, 0) is 24.6 Å². The Morgan fingerprint density at radius 2 is 1.94 bits per heavy atom. The third-order valence-electron chi connectivity index (χ3n) is 4.67. The lowest BCUT2D eigenvalue weighted by Gasteiger charge is -2.24. The number of nitrogens with two attached hydrogens (primary N) is 1. The maximum absolute atomic E-state index is 13.7. The minimum absolute atomic E-state index is 0.0373. The minimum atomic E-state index is -4.12. The lowest BCUT2D eigenvalue weighted by atomic mass is 10.1. The summed E-state index contributed by atoms with van der Waals surface area (Å²) in [6, 6.07) is 4.43. The van der Waals surface area contributed by atoms with E-state index in [1.165, 1.54) is 11.0 Å².